The molecule has 120 valence electrons. The van der Waals surface area contributed by atoms with Crippen molar-refractivity contribution in [1.82, 2.24) is 15.5 Å². The second-order valence-corrected chi connectivity index (χ2v) is 6.56. The van der Waals surface area contributed by atoms with E-state index in [0.29, 0.717) is 13.0 Å². The molecule has 0 aromatic carbocycles. The van der Waals surface area contributed by atoms with E-state index < -0.39 is 29.4 Å². The van der Waals surface area contributed by atoms with Gasteiger partial charge in [0.2, 0.25) is 17.7 Å². The lowest BCUT2D eigenvalue weighted by molar-refractivity contribution is -0.151. The Hall–Kier alpha value is -1.63. The topological polar surface area (TPSA) is 105 Å². The molecule has 21 heavy (non-hydrogen) atoms. The molecule has 3 atom stereocenters. The molecule has 0 aliphatic carbocycles. The molecule has 0 aromatic heterocycles. The van der Waals surface area contributed by atoms with E-state index in [2.05, 4.69) is 10.6 Å². The molecule has 1 saturated heterocycles. The standard InChI is InChI=1S/C14H26N4O3/c1-8(16-5)12(20)17-10(14(2,3)4)13(21)18-7-6-9(18)11(15)19/h8-10,16H,6-7H2,1-5H3,(H2,15,19)(H,17,20)/t8-,9?,10+/m0/s1. The fraction of sp³-hybridized carbons (Fsp3) is 0.786. The van der Waals surface area contributed by atoms with Crippen LogP contribution < -0.4 is 16.4 Å². The minimum Gasteiger partial charge on any atom is -0.368 e. The summed E-state index contributed by atoms with van der Waals surface area (Å²) >= 11 is 0. The lowest BCUT2D eigenvalue weighted by Gasteiger charge is -2.43. The molecule has 0 radical (unpaired) electrons. The summed E-state index contributed by atoms with van der Waals surface area (Å²) in [6, 6.07) is -1.64. The normalized spacial score (nSPS) is 21.2. The van der Waals surface area contributed by atoms with Crippen LogP contribution in [0.25, 0.3) is 0 Å². The molecular weight excluding hydrogens is 272 g/mol. The average Bonchev–Trinajstić information content (AvgIpc) is 2.30. The van der Waals surface area contributed by atoms with Crippen LogP contribution in [0.3, 0.4) is 0 Å². The summed E-state index contributed by atoms with van der Waals surface area (Å²) in [5, 5.41) is 5.60. The Morgan fingerprint density at radius 1 is 1.29 bits per heavy atom. The summed E-state index contributed by atoms with van der Waals surface area (Å²) in [6.07, 6.45) is 0.582. The highest BCUT2D eigenvalue weighted by atomic mass is 16.2. The molecule has 0 saturated carbocycles. The molecule has 1 unspecified atom stereocenters. The first-order valence-corrected chi connectivity index (χ1v) is 7.17. The number of rotatable bonds is 5. The van der Waals surface area contributed by atoms with Gasteiger partial charge in [0, 0.05) is 6.54 Å². The molecule has 7 nitrogen and oxygen atoms in total. The van der Waals surface area contributed by atoms with Crippen LogP contribution in [-0.2, 0) is 14.4 Å². The molecule has 1 rings (SSSR count). The molecule has 0 aromatic rings. The van der Waals surface area contributed by atoms with Gasteiger partial charge in [0.25, 0.3) is 0 Å². The summed E-state index contributed by atoms with van der Waals surface area (Å²) in [5.41, 5.74) is 4.82. The number of likely N-dealkylation sites (tertiary alicyclic amines) is 1. The van der Waals surface area contributed by atoms with Crippen molar-refractivity contribution in [1.29, 1.82) is 0 Å². The molecule has 1 aliphatic rings. The van der Waals surface area contributed by atoms with Gasteiger partial charge in [-0.15, -0.1) is 0 Å². The number of nitrogens with one attached hydrogen (secondary N) is 2. The highest BCUT2D eigenvalue weighted by Gasteiger charge is 2.43. The van der Waals surface area contributed by atoms with Gasteiger partial charge in [-0.2, -0.15) is 0 Å². The van der Waals surface area contributed by atoms with E-state index in [9.17, 15) is 14.4 Å². The van der Waals surface area contributed by atoms with E-state index in [4.69, 9.17) is 5.73 Å². The van der Waals surface area contributed by atoms with Crippen molar-refractivity contribution in [2.75, 3.05) is 13.6 Å². The van der Waals surface area contributed by atoms with Gasteiger partial charge >= 0.3 is 0 Å². The number of carbonyl (C=O) groups excluding carboxylic acids is 3. The third-order valence-electron chi connectivity index (χ3n) is 3.86. The maximum atomic E-state index is 12.6. The number of primary amides is 1. The lowest BCUT2D eigenvalue weighted by atomic mass is 9.84. The van der Waals surface area contributed by atoms with Crippen molar-refractivity contribution in [2.24, 2.45) is 11.1 Å². The van der Waals surface area contributed by atoms with Crippen molar-refractivity contribution < 1.29 is 14.4 Å². The van der Waals surface area contributed by atoms with Crippen LogP contribution in [0.15, 0.2) is 0 Å². The van der Waals surface area contributed by atoms with Gasteiger partial charge in [0.15, 0.2) is 0 Å². The summed E-state index contributed by atoms with van der Waals surface area (Å²) in [7, 11) is 1.68. The van der Waals surface area contributed by atoms with Crippen LogP contribution in [0, 0.1) is 5.41 Å². The summed E-state index contributed by atoms with van der Waals surface area (Å²) < 4.78 is 0. The van der Waals surface area contributed by atoms with E-state index >= 15 is 0 Å². The van der Waals surface area contributed by atoms with Crippen LogP contribution in [0.2, 0.25) is 0 Å². The number of nitrogens with two attached hydrogens (primary N) is 1. The average molecular weight is 298 g/mol. The van der Waals surface area contributed by atoms with Gasteiger partial charge in [-0.3, -0.25) is 14.4 Å². The smallest absolute Gasteiger partial charge is 0.246 e. The molecule has 1 fully saturated rings. The third kappa shape index (κ3) is 3.93. The number of likely N-dealkylation sites (N-methyl/N-ethyl adjacent to an activating group) is 1. The van der Waals surface area contributed by atoms with Gasteiger partial charge in [0.1, 0.15) is 12.1 Å². The van der Waals surface area contributed by atoms with E-state index in [0.717, 1.165) is 0 Å². The van der Waals surface area contributed by atoms with E-state index in [1.807, 2.05) is 20.8 Å². The van der Waals surface area contributed by atoms with Crippen LogP contribution >= 0.6 is 0 Å². The Bertz CT molecular complexity index is 430. The molecule has 4 N–H and O–H groups in total. The fourth-order valence-electron chi connectivity index (χ4n) is 2.16. The molecule has 0 spiro atoms. The van der Waals surface area contributed by atoms with Crippen molar-refractivity contribution in [3.63, 3.8) is 0 Å². The van der Waals surface area contributed by atoms with Crippen LogP contribution in [0.1, 0.15) is 34.1 Å². The Kier molecular flexibility index (Phi) is 5.33. The van der Waals surface area contributed by atoms with Crippen molar-refractivity contribution in [3.8, 4) is 0 Å². The first-order chi connectivity index (χ1) is 9.59. The van der Waals surface area contributed by atoms with Gasteiger partial charge in [-0.05, 0) is 25.8 Å². The first-order valence-electron chi connectivity index (χ1n) is 7.17. The Labute approximate surface area is 125 Å². The Morgan fingerprint density at radius 3 is 2.19 bits per heavy atom. The van der Waals surface area contributed by atoms with Gasteiger partial charge < -0.3 is 21.3 Å². The maximum Gasteiger partial charge on any atom is 0.246 e. The zero-order valence-corrected chi connectivity index (χ0v) is 13.4. The van der Waals surface area contributed by atoms with Crippen LogP contribution in [0.5, 0.6) is 0 Å². The fourth-order valence-corrected chi connectivity index (χ4v) is 2.16. The number of hydrogen-bond donors (Lipinski definition) is 3. The number of hydrogen-bond acceptors (Lipinski definition) is 4. The molecule has 3 amide bonds. The molecule has 0 bridgehead atoms. The predicted molar refractivity (Wildman–Crippen MR) is 79.2 cm³/mol. The molecular formula is C14H26N4O3. The SMILES string of the molecule is CN[C@@H](C)C(=O)N[C@H](C(=O)N1CCC1C(N)=O)C(C)(C)C. The highest BCUT2D eigenvalue weighted by Crippen LogP contribution is 2.26. The predicted octanol–water partition coefficient (Wildman–Crippen LogP) is -0.789. The first kappa shape index (κ1) is 17.4. The van der Waals surface area contributed by atoms with Gasteiger partial charge in [0.05, 0.1) is 6.04 Å². The van der Waals surface area contributed by atoms with Gasteiger partial charge in [-0.25, -0.2) is 0 Å². The van der Waals surface area contributed by atoms with Gasteiger partial charge in [-0.1, -0.05) is 20.8 Å². The number of carbonyl (C=O) groups is 3. The van der Waals surface area contributed by atoms with E-state index in [-0.39, 0.29) is 11.8 Å². The van der Waals surface area contributed by atoms with E-state index in [1.165, 1.54) is 4.90 Å². The highest BCUT2D eigenvalue weighted by molar-refractivity contribution is 5.94. The Balaban J connectivity index is 2.86. The molecule has 7 heteroatoms. The second kappa shape index (κ2) is 6.43. The Morgan fingerprint density at radius 2 is 1.86 bits per heavy atom. The summed E-state index contributed by atoms with van der Waals surface area (Å²) in [5.74, 6) is -1.01. The van der Waals surface area contributed by atoms with Crippen molar-refractivity contribution >= 4 is 17.7 Å². The van der Waals surface area contributed by atoms with Crippen molar-refractivity contribution in [3.05, 3.63) is 0 Å². The molecule has 1 aliphatic heterocycles. The van der Waals surface area contributed by atoms with Crippen LogP contribution in [-0.4, -0.2) is 54.3 Å². The van der Waals surface area contributed by atoms with Crippen molar-refractivity contribution in [2.45, 2.75) is 52.2 Å². The number of nitrogens with zero attached hydrogens (tertiary/aromatic N) is 1. The zero-order valence-electron chi connectivity index (χ0n) is 13.4. The molecule has 1 heterocycles. The minimum atomic E-state index is -0.692. The second-order valence-electron chi connectivity index (χ2n) is 6.56. The van der Waals surface area contributed by atoms with Crippen LogP contribution in [0.4, 0.5) is 0 Å². The minimum absolute atomic E-state index is 0.248. The quantitative estimate of drug-likeness (QED) is 0.618. The summed E-state index contributed by atoms with van der Waals surface area (Å²) in [4.78, 5) is 37.4. The maximum absolute atomic E-state index is 12.6. The zero-order chi connectivity index (χ0) is 16.4. The monoisotopic (exact) mass is 298 g/mol. The number of amides is 3. The lowest BCUT2D eigenvalue weighted by Crippen LogP contribution is -2.64. The third-order valence-corrected chi connectivity index (χ3v) is 3.86. The largest absolute Gasteiger partial charge is 0.368 e. The summed E-state index contributed by atoms with van der Waals surface area (Å²) in [6.45, 7) is 7.84. The van der Waals surface area contributed by atoms with E-state index in [1.54, 1.807) is 14.0 Å².